The van der Waals surface area contributed by atoms with Crippen LogP contribution in [0.3, 0.4) is 0 Å². The lowest BCUT2D eigenvalue weighted by Crippen LogP contribution is -2.24. The number of benzene rings is 1. The predicted octanol–water partition coefficient (Wildman–Crippen LogP) is 2.80. The first-order valence-corrected chi connectivity index (χ1v) is 5.82. The van der Waals surface area contributed by atoms with Gasteiger partial charge in [0, 0.05) is 5.56 Å². The molecule has 0 atom stereocenters. The zero-order valence-corrected chi connectivity index (χ0v) is 11.0. The molecule has 0 aliphatic rings. The highest BCUT2D eigenvalue weighted by molar-refractivity contribution is 6.31. The van der Waals surface area contributed by atoms with Gasteiger partial charge in [0.05, 0.1) is 11.3 Å². The van der Waals surface area contributed by atoms with E-state index in [9.17, 15) is 18.0 Å². The number of rotatable bonds is 1. The van der Waals surface area contributed by atoms with Crippen molar-refractivity contribution < 1.29 is 13.2 Å². The van der Waals surface area contributed by atoms with Gasteiger partial charge in [0.1, 0.15) is 10.8 Å². The first-order chi connectivity index (χ1) is 9.21. The van der Waals surface area contributed by atoms with Gasteiger partial charge in [-0.05, 0) is 25.1 Å². The third kappa shape index (κ3) is 2.49. The minimum Gasteiger partial charge on any atom is -0.382 e. The topological polar surface area (TPSA) is 60.9 Å². The Hall–Kier alpha value is -2.02. The van der Waals surface area contributed by atoms with Crippen LogP contribution in [0.5, 0.6) is 0 Å². The van der Waals surface area contributed by atoms with Gasteiger partial charge in [-0.2, -0.15) is 17.9 Å². The SMILES string of the molecule is Cc1c(N)nn(-c2cccc(C(F)(F)F)c2)c(=O)c1Cl. The van der Waals surface area contributed by atoms with E-state index in [0.29, 0.717) is 5.56 Å². The molecule has 0 amide bonds. The molecule has 106 valence electrons. The molecular formula is C12H9ClF3N3O. The summed E-state index contributed by atoms with van der Waals surface area (Å²) in [5.74, 6) is -0.0213. The number of alkyl halides is 3. The first-order valence-electron chi connectivity index (χ1n) is 5.44. The highest BCUT2D eigenvalue weighted by Gasteiger charge is 2.30. The minimum atomic E-state index is -4.51. The number of hydrogen-bond donors (Lipinski definition) is 1. The van der Waals surface area contributed by atoms with Crippen LogP contribution in [-0.2, 0) is 6.18 Å². The average Bonchev–Trinajstić information content (AvgIpc) is 2.40. The summed E-state index contributed by atoms with van der Waals surface area (Å²) in [6.07, 6.45) is -4.51. The van der Waals surface area contributed by atoms with Crippen molar-refractivity contribution in [3.8, 4) is 5.69 Å². The molecule has 2 aromatic rings. The van der Waals surface area contributed by atoms with Gasteiger partial charge in [0.2, 0.25) is 0 Å². The lowest BCUT2D eigenvalue weighted by atomic mass is 10.2. The number of aromatic nitrogens is 2. The summed E-state index contributed by atoms with van der Waals surface area (Å²) in [4.78, 5) is 11.9. The fourth-order valence-corrected chi connectivity index (χ4v) is 1.76. The van der Waals surface area contributed by atoms with Crippen molar-refractivity contribution >= 4 is 17.4 Å². The van der Waals surface area contributed by atoms with Crippen LogP contribution in [0, 0.1) is 6.92 Å². The molecule has 0 radical (unpaired) electrons. The maximum Gasteiger partial charge on any atom is 0.416 e. The van der Waals surface area contributed by atoms with Gasteiger partial charge in [-0.3, -0.25) is 4.79 Å². The second-order valence-electron chi connectivity index (χ2n) is 4.09. The van der Waals surface area contributed by atoms with Crippen LogP contribution in [0.15, 0.2) is 29.1 Å². The number of nitrogens with two attached hydrogens (primary N) is 1. The smallest absolute Gasteiger partial charge is 0.382 e. The van der Waals surface area contributed by atoms with Crippen LogP contribution >= 0.6 is 11.6 Å². The van der Waals surface area contributed by atoms with Crippen LogP contribution in [0.2, 0.25) is 5.02 Å². The van der Waals surface area contributed by atoms with Crippen molar-refractivity contribution in [1.82, 2.24) is 9.78 Å². The van der Waals surface area contributed by atoms with E-state index in [2.05, 4.69) is 5.10 Å². The molecule has 0 aliphatic heterocycles. The zero-order chi connectivity index (χ0) is 15.1. The first kappa shape index (κ1) is 14.4. The van der Waals surface area contributed by atoms with E-state index >= 15 is 0 Å². The number of hydrogen-bond acceptors (Lipinski definition) is 3. The summed E-state index contributed by atoms with van der Waals surface area (Å²) < 4.78 is 38.7. The quantitative estimate of drug-likeness (QED) is 0.881. The molecule has 2 N–H and O–H groups in total. The second-order valence-corrected chi connectivity index (χ2v) is 4.47. The maximum absolute atomic E-state index is 12.6. The van der Waals surface area contributed by atoms with Crippen molar-refractivity contribution in [2.24, 2.45) is 0 Å². The molecule has 0 saturated carbocycles. The Balaban J connectivity index is 2.67. The molecule has 0 unspecified atom stereocenters. The van der Waals surface area contributed by atoms with Crippen molar-refractivity contribution in [3.05, 3.63) is 50.8 Å². The van der Waals surface area contributed by atoms with Gasteiger partial charge in [-0.15, -0.1) is 5.10 Å². The third-order valence-corrected chi connectivity index (χ3v) is 3.16. The van der Waals surface area contributed by atoms with Crippen LogP contribution in [0.1, 0.15) is 11.1 Å². The predicted molar refractivity (Wildman–Crippen MR) is 69.0 cm³/mol. The summed E-state index contributed by atoms with van der Waals surface area (Å²) >= 11 is 5.79. The summed E-state index contributed by atoms with van der Waals surface area (Å²) in [5, 5.41) is 3.59. The Morgan fingerprint density at radius 2 is 2.00 bits per heavy atom. The van der Waals surface area contributed by atoms with E-state index in [1.54, 1.807) is 0 Å². The molecule has 0 aliphatic carbocycles. The van der Waals surface area contributed by atoms with E-state index in [0.717, 1.165) is 16.8 Å². The fraction of sp³-hybridized carbons (Fsp3) is 0.167. The highest BCUT2D eigenvalue weighted by Crippen LogP contribution is 2.30. The molecule has 0 spiro atoms. The van der Waals surface area contributed by atoms with Gasteiger partial charge in [-0.1, -0.05) is 17.7 Å². The summed E-state index contributed by atoms with van der Waals surface area (Å²) in [6.45, 7) is 1.50. The summed E-state index contributed by atoms with van der Waals surface area (Å²) in [7, 11) is 0. The van der Waals surface area contributed by atoms with E-state index in [4.69, 9.17) is 17.3 Å². The van der Waals surface area contributed by atoms with E-state index in [1.165, 1.54) is 19.1 Å². The monoisotopic (exact) mass is 303 g/mol. The largest absolute Gasteiger partial charge is 0.416 e. The molecule has 1 aromatic heterocycles. The molecule has 1 heterocycles. The molecule has 4 nitrogen and oxygen atoms in total. The number of anilines is 1. The average molecular weight is 304 g/mol. The van der Waals surface area contributed by atoms with Crippen molar-refractivity contribution in [2.75, 3.05) is 5.73 Å². The Bertz CT molecular complexity index is 725. The van der Waals surface area contributed by atoms with Crippen molar-refractivity contribution in [3.63, 3.8) is 0 Å². The summed E-state index contributed by atoms with van der Waals surface area (Å²) in [6, 6.07) is 4.19. The van der Waals surface area contributed by atoms with Crippen LogP contribution < -0.4 is 11.3 Å². The summed E-state index contributed by atoms with van der Waals surface area (Å²) in [5.41, 5.74) is 4.19. The van der Waals surface area contributed by atoms with E-state index in [1.807, 2.05) is 0 Å². The fourth-order valence-electron chi connectivity index (χ4n) is 1.58. The normalized spacial score (nSPS) is 11.7. The molecule has 8 heteroatoms. The molecule has 0 saturated heterocycles. The minimum absolute atomic E-state index is 0.0213. The molecule has 0 fully saturated rings. The molecule has 1 aromatic carbocycles. The molecular weight excluding hydrogens is 295 g/mol. The lowest BCUT2D eigenvalue weighted by molar-refractivity contribution is -0.137. The number of nitrogens with zero attached hydrogens (tertiary/aromatic N) is 2. The Morgan fingerprint density at radius 3 is 2.60 bits per heavy atom. The second kappa shape index (κ2) is 4.82. The van der Waals surface area contributed by atoms with Crippen LogP contribution in [0.4, 0.5) is 19.0 Å². The van der Waals surface area contributed by atoms with Crippen molar-refractivity contribution in [2.45, 2.75) is 13.1 Å². The standard InChI is InChI=1S/C12H9ClF3N3O/c1-6-9(13)11(20)19(18-10(6)17)8-4-2-3-7(5-8)12(14,15)16/h2-5H,1H3,(H2,17,18). The van der Waals surface area contributed by atoms with Crippen molar-refractivity contribution in [1.29, 1.82) is 0 Å². The molecule has 0 bridgehead atoms. The van der Waals surface area contributed by atoms with E-state index in [-0.39, 0.29) is 16.5 Å². The Kier molecular flexibility index (Phi) is 3.47. The van der Waals surface area contributed by atoms with Gasteiger partial charge in [0.25, 0.3) is 5.56 Å². The van der Waals surface area contributed by atoms with Crippen LogP contribution in [0.25, 0.3) is 5.69 Å². The third-order valence-electron chi connectivity index (χ3n) is 2.72. The van der Waals surface area contributed by atoms with Gasteiger partial charge in [0.15, 0.2) is 0 Å². The van der Waals surface area contributed by atoms with Gasteiger partial charge < -0.3 is 5.73 Å². The number of nitrogen functional groups attached to an aromatic ring is 1. The van der Waals surface area contributed by atoms with Crippen LogP contribution in [-0.4, -0.2) is 9.78 Å². The lowest BCUT2D eigenvalue weighted by Gasteiger charge is -2.11. The number of halogens is 4. The Morgan fingerprint density at radius 1 is 1.35 bits per heavy atom. The van der Waals surface area contributed by atoms with Gasteiger partial charge in [-0.25, -0.2) is 0 Å². The molecule has 2 rings (SSSR count). The van der Waals surface area contributed by atoms with Gasteiger partial charge >= 0.3 is 6.18 Å². The van der Waals surface area contributed by atoms with E-state index < -0.39 is 17.3 Å². The zero-order valence-electron chi connectivity index (χ0n) is 10.2. The molecule has 20 heavy (non-hydrogen) atoms. The highest BCUT2D eigenvalue weighted by atomic mass is 35.5. The maximum atomic E-state index is 12.6. The Labute approximate surface area is 116 Å².